The normalized spacial score (nSPS) is 13.3. The molecule has 0 amide bonds. The summed E-state index contributed by atoms with van der Waals surface area (Å²) in [6, 6.07) is 3.66. The van der Waals surface area contributed by atoms with E-state index < -0.39 is 15.0 Å². The highest BCUT2D eigenvalue weighted by molar-refractivity contribution is 8.13. The molecule has 0 aliphatic rings. The van der Waals surface area contributed by atoms with Crippen molar-refractivity contribution in [2.45, 2.75) is 38.2 Å². The lowest BCUT2D eigenvalue weighted by molar-refractivity contribution is 0.0299. The smallest absolute Gasteiger partial charge is 0.339 e. The van der Waals surface area contributed by atoms with Gasteiger partial charge in [0.1, 0.15) is 0 Å². The maximum Gasteiger partial charge on any atom is 0.339 e. The third-order valence-corrected chi connectivity index (χ3v) is 4.23. The quantitative estimate of drug-likeness (QED) is 0.604. The average molecular weight is 339 g/mol. The topological polar surface area (TPSA) is 60.4 Å². The second kappa shape index (κ2) is 6.78. The Morgan fingerprint density at radius 2 is 1.90 bits per heavy atom. The van der Waals surface area contributed by atoms with Gasteiger partial charge in [-0.2, -0.15) is 0 Å². The number of rotatable bonds is 5. The average Bonchev–Trinajstić information content (AvgIpc) is 2.26. The molecule has 1 aromatic rings. The second-order valence-corrected chi connectivity index (χ2v) is 7.90. The van der Waals surface area contributed by atoms with Gasteiger partial charge in [-0.25, -0.2) is 13.2 Å². The van der Waals surface area contributed by atoms with Gasteiger partial charge in [-0.3, -0.25) is 0 Å². The molecule has 1 unspecified atom stereocenters. The summed E-state index contributed by atoms with van der Waals surface area (Å²) >= 11 is 5.89. The predicted octanol–water partition coefficient (Wildman–Crippen LogP) is 3.86. The number of carbonyl (C=O) groups is 1. The van der Waals surface area contributed by atoms with Crippen molar-refractivity contribution < 1.29 is 17.9 Å². The summed E-state index contributed by atoms with van der Waals surface area (Å²) in [5.41, 5.74) is -0.0102. The van der Waals surface area contributed by atoms with Crippen LogP contribution in [0.1, 0.15) is 37.6 Å². The first-order chi connectivity index (χ1) is 9.11. The van der Waals surface area contributed by atoms with Crippen LogP contribution in [-0.2, 0) is 13.8 Å². The van der Waals surface area contributed by atoms with Crippen LogP contribution in [0.2, 0.25) is 5.02 Å². The van der Waals surface area contributed by atoms with Gasteiger partial charge in [-0.1, -0.05) is 25.4 Å². The van der Waals surface area contributed by atoms with Crippen LogP contribution in [0, 0.1) is 5.92 Å². The molecule has 0 fully saturated rings. The number of esters is 1. The highest BCUT2D eigenvalue weighted by Crippen LogP contribution is 2.24. The van der Waals surface area contributed by atoms with Gasteiger partial charge < -0.3 is 4.74 Å². The molecule has 1 atom stereocenters. The van der Waals surface area contributed by atoms with E-state index in [0.717, 1.165) is 6.07 Å². The van der Waals surface area contributed by atoms with E-state index in [1.165, 1.54) is 12.1 Å². The molecule has 0 aromatic heterocycles. The van der Waals surface area contributed by atoms with Crippen molar-refractivity contribution in [2.24, 2.45) is 5.92 Å². The van der Waals surface area contributed by atoms with Gasteiger partial charge in [0.15, 0.2) is 0 Å². The Morgan fingerprint density at radius 3 is 2.40 bits per heavy atom. The largest absolute Gasteiger partial charge is 0.459 e. The molecule has 1 aromatic carbocycles. The van der Waals surface area contributed by atoms with E-state index in [4.69, 9.17) is 27.0 Å². The van der Waals surface area contributed by atoms with Gasteiger partial charge in [-0.05, 0) is 37.5 Å². The highest BCUT2D eigenvalue weighted by atomic mass is 35.7. The van der Waals surface area contributed by atoms with Crippen molar-refractivity contribution in [3.8, 4) is 0 Å². The predicted molar refractivity (Wildman–Crippen MR) is 78.8 cm³/mol. The summed E-state index contributed by atoms with van der Waals surface area (Å²) < 4.78 is 27.7. The van der Waals surface area contributed by atoms with Crippen LogP contribution in [0.4, 0.5) is 0 Å². The van der Waals surface area contributed by atoms with Gasteiger partial charge in [0, 0.05) is 10.7 Å². The van der Waals surface area contributed by atoms with Crippen molar-refractivity contribution in [3.05, 3.63) is 28.8 Å². The van der Waals surface area contributed by atoms with Crippen molar-refractivity contribution in [1.82, 2.24) is 0 Å². The zero-order valence-electron chi connectivity index (χ0n) is 11.4. The van der Waals surface area contributed by atoms with E-state index in [-0.39, 0.29) is 21.6 Å². The van der Waals surface area contributed by atoms with E-state index >= 15 is 0 Å². The minimum Gasteiger partial charge on any atom is -0.459 e. The number of benzene rings is 1. The summed E-state index contributed by atoms with van der Waals surface area (Å²) in [5.74, 6) is -0.284. The fourth-order valence-electron chi connectivity index (χ4n) is 1.77. The minimum atomic E-state index is -3.92. The van der Waals surface area contributed by atoms with E-state index in [9.17, 15) is 13.2 Å². The first-order valence-electron chi connectivity index (χ1n) is 6.06. The molecule has 0 aliphatic heterocycles. The zero-order chi connectivity index (χ0) is 15.5. The van der Waals surface area contributed by atoms with Gasteiger partial charge in [-0.15, -0.1) is 0 Å². The third kappa shape index (κ3) is 4.96. The molecule has 4 nitrogen and oxygen atoms in total. The van der Waals surface area contributed by atoms with Crippen LogP contribution in [0.3, 0.4) is 0 Å². The summed E-state index contributed by atoms with van der Waals surface area (Å²) in [6.07, 6.45) is 0.423. The van der Waals surface area contributed by atoms with Gasteiger partial charge in [0.25, 0.3) is 9.05 Å². The van der Waals surface area contributed by atoms with Gasteiger partial charge >= 0.3 is 5.97 Å². The molecule has 0 aliphatic carbocycles. The SMILES string of the molecule is CC(C)CC(C)OC(=O)c1cc(S(=O)(=O)Cl)ccc1Cl. The molecule has 0 saturated heterocycles. The lowest BCUT2D eigenvalue weighted by atomic mass is 10.1. The van der Waals surface area contributed by atoms with E-state index in [1.54, 1.807) is 6.92 Å². The van der Waals surface area contributed by atoms with Crippen LogP contribution in [0.25, 0.3) is 0 Å². The lowest BCUT2D eigenvalue weighted by Gasteiger charge is -2.15. The molecular weight excluding hydrogens is 323 g/mol. The van der Waals surface area contributed by atoms with E-state index in [0.29, 0.717) is 12.3 Å². The molecule has 0 bridgehead atoms. The summed E-state index contributed by atoms with van der Waals surface area (Å²) in [7, 11) is 1.32. The molecule has 1 rings (SSSR count). The second-order valence-electron chi connectivity index (χ2n) is 4.92. The van der Waals surface area contributed by atoms with Gasteiger partial charge in [0.2, 0.25) is 0 Å². The first-order valence-corrected chi connectivity index (χ1v) is 8.75. The Labute approximate surface area is 128 Å². The van der Waals surface area contributed by atoms with Crippen molar-refractivity contribution >= 4 is 37.3 Å². The van der Waals surface area contributed by atoms with Crippen LogP contribution >= 0.6 is 22.3 Å². The van der Waals surface area contributed by atoms with Crippen LogP contribution < -0.4 is 0 Å². The molecule has 112 valence electrons. The summed E-state index contributed by atoms with van der Waals surface area (Å²) in [4.78, 5) is 11.8. The third-order valence-electron chi connectivity index (χ3n) is 2.55. The van der Waals surface area contributed by atoms with Crippen LogP contribution in [0.5, 0.6) is 0 Å². The van der Waals surface area contributed by atoms with E-state index in [2.05, 4.69) is 0 Å². The molecule has 0 heterocycles. The molecule has 0 N–H and O–H groups in total. The fraction of sp³-hybridized carbons (Fsp3) is 0.462. The summed E-state index contributed by atoms with van der Waals surface area (Å²) in [6.45, 7) is 5.80. The molecule has 20 heavy (non-hydrogen) atoms. The Balaban J connectivity index is 2.98. The highest BCUT2D eigenvalue weighted by Gasteiger charge is 2.19. The molecular formula is C13H16Cl2O4S. The van der Waals surface area contributed by atoms with Crippen LogP contribution in [-0.4, -0.2) is 20.5 Å². The number of hydrogen-bond donors (Lipinski definition) is 0. The Hall–Kier alpha value is -0.780. The zero-order valence-corrected chi connectivity index (χ0v) is 13.7. The number of carbonyl (C=O) groups excluding carboxylic acids is 1. The Kier molecular flexibility index (Phi) is 5.86. The minimum absolute atomic E-state index is 0.0102. The standard InChI is InChI=1S/C13H16Cl2O4S/c1-8(2)6-9(3)19-13(16)11-7-10(20(15,17)18)4-5-12(11)14/h4-5,7-9H,6H2,1-3H3. The Bertz CT molecular complexity index is 596. The fourth-order valence-corrected chi connectivity index (χ4v) is 2.74. The lowest BCUT2D eigenvalue weighted by Crippen LogP contribution is -2.17. The number of hydrogen-bond acceptors (Lipinski definition) is 4. The number of ether oxygens (including phenoxy) is 1. The first kappa shape index (κ1) is 17.3. The van der Waals surface area contributed by atoms with Crippen LogP contribution in [0.15, 0.2) is 23.1 Å². The monoisotopic (exact) mass is 338 g/mol. The maximum atomic E-state index is 12.0. The summed E-state index contributed by atoms with van der Waals surface area (Å²) in [5, 5.41) is 0.121. The van der Waals surface area contributed by atoms with Crippen molar-refractivity contribution in [3.63, 3.8) is 0 Å². The molecule has 0 spiro atoms. The molecule has 0 radical (unpaired) electrons. The van der Waals surface area contributed by atoms with Crippen molar-refractivity contribution in [1.29, 1.82) is 0 Å². The number of halogens is 2. The van der Waals surface area contributed by atoms with Gasteiger partial charge in [0.05, 0.1) is 21.6 Å². The van der Waals surface area contributed by atoms with Crippen molar-refractivity contribution in [2.75, 3.05) is 0 Å². The van der Waals surface area contributed by atoms with E-state index in [1.807, 2.05) is 13.8 Å². The Morgan fingerprint density at radius 1 is 1.30 bits per heavy atom. The molecule has 7 heteroatoms. The molecule has 0 saturated carbocycles. The maximum absolute atomic E-state index is 12.0.